The van der Waals surface area contributed by atoms with E-state index in [9.17, 15) is 9.59 Å². The Bertz CT molecular complexity index is 255. The summed E-state index contributed by atoms with van der Waals surface area (Å²) in [4.78, 5) is 21.9. The maximum Gasteiger partial charge on any atom is 0.326 e. The van der Waals surface area contributed by atoms with E-state index >= 15 is 0 Å². The molecule has 0 heterocycles. The van der Waals surface area contributed by atoms with Crippen molar-refractivity contribution in [3.05, 3.63) is 0 Å². The number of amides is 2. The number of rotatable bonds is 5. The van der Waals surface area contributed by atoms with E-state index in [1.165, 1.54) is 0 Å². The Balaban J connectivity index is 2.19. The van der Waals surface area contributed by atoms with Gasteiger partial charge >= 0.3 is 12.0 Å². The predicted molar refractivity (Wildman–Crippen MR) is 55.5 cm³/mol. The zero-order valence-electron chi connectivity index (χ0n) is 9.12. The van der Waals surface area contributed by atoms with E-state index in [2.05, 4.69) is 17.6 Å². The molecule has 86 valence electrons. The summed E-state index contributed by atoms with van der Waals surface area (Å²) in [7, 11) is 0. The fourth-order valence-corrected chi connectivity index (χ4v) is 1.45. The molecule has 0 saturated heterocycles. The Labute approximate surface area is 89.2 Å². The molecule has 0 aromatic rings. The molecule has 15 heavy (non-hydrogen) atoms. The standard InChI is InChI=1S/C10H18N2O3/c1-3-8(9(13)14)12-10(15)11-5-7-4-6(7)2/h6-8H,3-5H2,1-2H3,(H,13,14)(H2,11,12,15). The molecule has 1 fully saturated rings. The maximum atomic E-state index is 11.3. The van der Waals surface area contributed by atoms with Gasteiger partial charge in [-0.15, -0.1) is 0 Å². The Morgan fingerprint density at radius 2 is 2.13 bits per heavy atom. The summed E-state index contributed by atoms with van der Waals surface area (Å²) in [6.45, 7) is 4.50. The van der Waals surface area contributed by atoms with Crippen LogP contribution in [0.1, 0.15) is 26.7 Å². The van der Waals surface area contributed by atoms with Gasteiger partial charge in [0, 0.05) is 6.54 Å². The average Bonchev–Trinajstić information content (AvgIpc) is 2.87. The number of urea groups is 1. The minimum atomic E-state index is -0.993. The van der Waals surface area contributed by atoms with E-state index in [4.69, 9.17) is 5.11 Å². The second-order valence-electron chi connectivity index (χ2n) is 4.13. The molecular formula is C10H18N2O3. The summed E-state index contributed by atoms with van der Waals surface area (Å²) in [5.74, 6) is 0.264. The molecule has 0 aromatic heterocycles. The van der Waals surface area contributed by atoms with Crippen LogP contribution in [-0.4, -0.2) is 29.7 Å². The van der Waals surface area contributed by atoms with E-state index in [0.29, 0.717) is 24.8 Å². The van der Waals surface area contributed by atoms with Crippen LogP contribution in [-0.2, 0) is 4.79 Å². The number of aliphatic carboxylic acids is 1. The fraction of sp³-hybridized carbons (Fsp3) is 0.800. The summed E-state index contributed by atoms with van der Waals surface area (Å²) in [5.41, 5.74) is 0. The largest absolute Gasteiger partial charge is 0.480 e. The molecule has 0 spiro atoms. The van der Waals surface area contributed by atoms with Crippen LogP contribution in [0.15, 0.2) is 0 Å². The Hall–Kier alpha value is -1.26. The first-order valence-corrected chi connectivity index (χ1v) is 5.31. The molecule has 1 saturated carbocycles. The van der Waals surface area contributed by atoms with Crippen LogP contribution in [0, 0.1) is 11.8 Å². The average molecular weight is 214 g/mol. The smallest absolute Gasteiger partial charge is 0.326 e. The Morgan fingerprint density at radius 3 is 2.53 bits per heavy atom. The molecule has 1 rings (SSSR count). The Morgan fingerprint density at radius 1 is 1.53 bits per heavy atom. The molecule has 3 N–H and O–H groups in total. The molecule has 0 radical (unpaired) electrons. The summed E-state index contributed by atoms with van der Waals surface area (Å²) >= 11 is 0. The lowest BCUT2D eigenvalue weighted by atomic mass is 10.2. The summed E-state index contributed by atoms with van der Waals surface area (Å²) in [6.07, 6.45) is 1.54. The van der Waals surface area contributed by atoms with Crippen molar-refractivity contribution in [1.82, 2.24) is 10.6 Å². The molecular weight excluding hydrogens is 196 g/mol. The molecule has 5 heteroatoms. The second kappa shape index (κ2) is 5.00. The lowest BCUT2D eigenvalue weighted by Crippen LogP contribution is -2.46. The highest BCUT2D eigenvalue weighted by Gasteiger charge is 2.32. The first kappa shape index (κ1) is 11.8. The summed E-state index contributed by atoms with van der Waals surface area (Å²) in [5, 5.41) is 13.8. The minimum Gasteiger partial charge on any atom is -0.480 e. The molecule has 0 aromatic carbocycles. The van der Waals surface area contributed by atoms with Gasteiger partial charge in [0.05, 0.1) is 0 Å². The normalized spacial score (nSPS) is 25.5. The molecule has 1 aliphatic rings. The zero-order valence-corrected chi connectivity index (χ0v) is 9.12. The first-order valence-electron chi connectivity index (χ1n) is 5.31. The van der Waals surface area contributed by atoms with Crippen LogP contribution in [0.25, 0.3) is 0 Å². The van der Waals surface area contributed by atoms with Crippen molar-refractivity contribution < 1.29 is 14.7 Å². The van der Waals surface area contributed by atoms with Gasteiger partial charge in [-0.05, 0) is 24.7 Å². The highest BCUT2D eigenvalue weighted by Crippen LogP contribution is 2.36. The van der Waals surface area contributed by atoms with Crippen molar-refractivity contribution >= 4 is 12.0 Å². The molecule has 1 aliphatic carbocycles. The number of nitrogens with one attached hydrogen (secondary N) is 2. The van der Waals surface area contributed by atoms with Crippen molar-refractivity contribution in [3.63, 3.8) is 0 Å². The Kier molecular flexibility index (Phi) is 3.94. The van der Waals surface area contributed by atoms with E-state index in [1.807, 2.05) is 0 Å². The third-order valence-corrected chi connectivity index (χ3v) is 2.81. The van der Waals surface area contributed by atoms with Crippen LogP contribution in [0.2, 0.25) is 0 Å². The molecule has 0 bridgehead atoms. The predicted octanol–water partition coefficient (Wildman–Crippen LogP) is 0.805. The van der Waals surface area contributed by atoms with Gasteiger partial charge in [0.25, 0.3) is 0 Å². The second-order valence-corrected chi connectivity index (χ2v) is 4.13. The van der Waals surface area contributed by atoms with Crippen molar-refractivity contribution in [3.8, 4) is 0 Å². The van der Waals surface area contributed by atoms with Crippen molar-refractivity contribution in [2.24, 2.45) is 11.8 Å². The lowest BCUT2D eigenvalue weighted by molar-refractivity contribution is -0.139. The number of carboxylic acid groups (broad SMARTS) is 1. The van der Waals surface area contributed by atoms with Crippen molar-refractivity contribution in [2.45, 2.75) is 32.7 Å². The third kappa shape index (κ3) is 3.77. The van der Waals surface area contributed by atoms with Crippen LogP contribution in [0.5, 0.6) is 0 Å². The highest BCUT2D eigenvalue weighted by molar-refractivity contribution is 5.82. The quantitative estimate of drug-likeness (QED) is 0.633. The number of hydrogen-bond donors (Lipinski definition) is 3. The van der Waals surface area contributed by atoms with Gasteiger partial charge in [0.2, 0.25) is 0 Å². The van der Waals surface area contributed by atoms with Gasteiger partial charge in [-0.1, -0.05) is 13.8 Å². The first-order chi connectivity index (χ1) is 7.04. The lowest BCUT2D eigenvalue weighted by Gasteiger charge is -2.12. The summed E-state index contributed by atoms with van der Waals surface area (Å²) < 4.78 is 0. The third-order valence-electron chi connectivity index (χ3n) is 2.81. The molecule has 3 unspecified atom stereocenters. The van der Waals surface area contributed by atoms with E-state index < -0.39 is 12.0 Å². The van der Waals surface area contributed by atoms with Crippen molar-refractivity contribution in [1.29, 1.82) is 0 Å². The minimum absolute atomic E-state index is 0.386. The van der Waals surface area contributed by atoms with E-state index in [0.717, 1.165) is 6.42 Å². The van der Waals surface area contributed by atoms with E-state index in [1.54, 1.807) is 6.92 Å². The topological polar surface area (TPSA) is 78.4 Å². The molecule has 5 nitrogen and oxygen atoms in total. The number of carbonyl (C=O) groups is 2. The van der Waals surface area contributed by atoms with Gasteiger partial charge in [0.15, 0.2) is 0 Å². The highest BCUT2D eigenvalue weighted by atomic mass is 16.4. The van der Waals surface area contributed by atoms with Crippen molar-refractivity contribution in [2.75, 3.05) is 6.54 Å². The number of carboxylic acids is 1. The SMILES string of the molecule is CCC(NC(=O)NCC1CC1C)C(=O)O. The maximum absolute atomic E-state index is 11.3. The van der Waals surface area contributed by atoms with Gasteiger partial charge in [-0.2, -0.15) is 0 Å². The van der Waals surface area contributed by atoms with Crippen LogP contribution in [0.3, 0.4) is 0 Å². The molecule has 3 atom stereocenters. The van der Waals surface area contributed by atoms with Gasteiger partial charge in [0.1, 0.15) is 6.04 Å². The van der Waals surface area contributed by atoms with Gasteiger partial charge in [-0.3, -0.25) is 0 Å². The number of hydrogen-bond acceptors (Lipinski definition) is 2. The van der Waals surface area contributed by atoms with Gasteiger partial charge < -0.3 is 15.7 Å². The monoisotopic (exact) mass is 214 g/mol. The van der Waals surface area contributed by atoms with E-state index in [-0.39, 0.29) is 6.03 Å². The zero-order chi connectivity index (χ0) is 11.4. The fourth-order valence-electron chi connectivity index (χ4n) is 1.45. The summed E-state index contributed by atoms with van der Waals surface area (Å²) in [6, 6.07) is -1.18. The van der Waals surface area contributed by atoms with Crippen LogP contribution < -0.4 is 10.6 Å². The number of carbonyl (C=O) groups excluding carboxylic acids is 1. The van der Waals surface area contributed by atoms with Crippen LogP contribution in [0.4, 0.5) is 4.79 Å². The van der Waals surface area contributed by atoms with Crippen LogP contribution >= 0.6 is 0 Å². The van der Waals surface area contributed by atoms with Gasteiger partial charge in [-0.25, -0.2) is 9.59 Å². The molecule has 0 aliphatic heterocycles. The molecule has 2 amide bonds.